The molecule has 2 heterocycles. The van der Waals surface area contributed by atoms with Crippen molar-refractivity contribution in [3.05, 3.63) is 102 Å². The molecule has 1 saturated heterocycles. The Hall–Kier alpha value is -3.96. The Morgan fingerprint density at radius 3 is 1.92 bits per heavy atom. The van der Waals surface area contributed by atoms with Gasteiger partial charge in [-0.05, 0) is 46.9 Å². The van der Waals surface area contributed by atoms with Crippen LogP contribution < -0.4 is 19.1 Å². The van der Waals surface area contributed by atoms with Crippen molar-refractivity contribution in [2.45, 2.75) is 18.4 Å². The van der Waals surface area contributed by atoms with Crippen LogP contribution in [-0.4, -0.2) is 46.1 Å². The molecule has 194 valence electrons. The predicted molar refractivity (Wildman–Crippen MR) is 153 cm³/mol. The van der Waals surface area contributed by atoms with Gasteiger partial charge in [-0.1, -0.05) is 54.6 Å². The highest BCUT2D eigenvalue weighted by Crippen LogP contribution is 2.43. The van der Waals surface area contributed by atoms with Crippen molar-refractivity contribution in [1.82, 2.24) is 0 Å². The predicted octanol–water partition coefficient (Wildman–Crippen LogP) is 6.32. The molecule has 0 aliphatic carbocycles. The lowest BCUT2D eigenvalue weighted by Gasteiger charge is -2.37. The zero-order chi connectivity index (χ0) is 26.0. The smallest absolute Gasteiger partial charge is 0.135 e. The molecule has 0 unspecified atom stereocenters. The molecule has 4 aromatic rings. The Kier molecular flexibility index (Phi) is 6.69. The lowest BCUT2D eigenvalue weighted by atomic mass is 9.84. The van der Waals surface area contributed by atoms with Crippen molar-refractivity contribution in [1.29, 1.82) is 0 Å². The molecule has 0 radical (unpaired) electrons. The molecule has 0 atom stereocenters. The zero-order valence-electron chi connectivity index (χ0n) is 22.0. The van der Waals surface area contributed by atoms with Crippen LogP contribution in [-0.2, 0) is 17.6 Å². The first kappa shape index (κ1) is 24.4. The molecule has 1 fully saturated rings. The van der Waals surface area contributed by atoms with Crippen LogP contribution >= 0.6 is 0 Å². The SMILES string of the molecule is COc1ccc(CC2(Cc3ccc(OC)cc3)C=Cc3c(cc(N4CCOCC4)c4ccccc34)O2)cc1. The van der Waals surface area contributed by atoms with Crippen molar-refractivity contribution in [3.8, 4) is 17.2 Å². The number of morpholine rings is 1. The summed E-state index contributed by atoms with van der Waals surface area (Å²) in [6.45, 7) is 3.24. The molecular weight excluding hydrogens is 474 g/mol. The molecule has 2 aliphatic rings. The van der Waals surface area contributed by atoms with E-state index in [2.05, 4.69) is 71.6 Å². The van der Waals surface area contributed by atoms with E-state index in [4.69, 9.17) is 18.9 Å². The summed E-state index contributed by atoms with van der Waals surface area (Å²) < 4.78 is 23.5. The monoisotopic (exact) mass is 507 g/mol. The topological polar surface area (TPSA) is 40.2 Å². The second kappa shape index (κ2) is 10.4. The van der Waals surface area contributed by atoms with Crippen molar-refractivity contribution in [3.63, 3.8) is 0 Å². The highest BCUT2D eigenvalue weighted by molar-refractivity contribution is 6.02. The highest BCUT2D eigenvalue weighted by Gasteiger charge is 2.35. The molecule has 0 amide bonds. The van der Waals surface area contributed by atoms with Crippen LogP contribution in [0.15, 0.2) is 84.9 Å². The summed E-state index contributed by atoms with van der Waals surface area (Å²) in [7, 11) is 3.39. The van der Waals surface area contributed by atoms with E-state index in [1.807, 2.05) is 24.3 Å². The third kappa shape index (κ3) is 4.82. The Balaban J connectivity index is 1.42. The van der Waals surface area contributed by atoms with Gasteiger partial charge < -0.3 is 23.8 Å². The van der Waals surface area contributed by atoms with Crippen LogP contribution in [0, 0.1) is 0 Å². The molecule has 38 heavy (non-hydrogen) atoms. The highest BCUT2D eigenvalue weighted by atomic mass is 16.5. The molecule has 5 heteroatoms. The largest absolute Gasteiger partial charge is 0.497 e. The maximum atomic E-state index is 7.07. The third-order valence-electron chi connectivity index (χ3n) is 7.57. The quantitative estimate of drug-likeness (QED) is 0.293. The van der Waals surface area contributed by atoms with E-state index in [1.54, 1.807) is 14.2 Å². The van der Waals surface area contributed by atoms with E-state index in [0.717, 1.165) is 62.0 Å². The van der Waals surface area contributed by atoms with Gasteiger partial charge in [0.2, 0.25) is 0 Å². The average molecular weight is 508 g/mol. The Morgan fingerprint density at radius 1 is 0.763 bits per heavy atom. The fourth-order valence-electron chi connectivity index (χ4n) is 5.59. The van der Waals surface area contributed by atoms with E-state index in [9.17, 15) is 0 Å². The normalized spacial score (nSPS) is 16.1. The molecule has 2 aliphatic heterocycles. The van der Waals surface area contributed by atoms with E-state index >= 15 is 0 Å². The van der Waals surface area contributed by atoms with Gasteiger partial charge in [0.25, 0.3) is 0 Å². The minimum atomic E-state index is -0.541. The third-order valence-corrected chi connectivity index (χ3v) is 7.57. The van der Waals surface area contributed by atoms with E-state index < -0.39 is 5.60 Å². The summed E-state index contributed by atoms with van der Waals surface area (Å²) in [4.78, 5) is 2.42. The second-order valence-corrected chi connectivity index (χ2v) is 10.0. The first-order chi connectivity index (χ1) is 18.7. The van der Waals surface area contributed by atoms with Crippen molar-refractivity contribution in [2.24, 2.45) is 0 Å². The summed E-state index contributed by atoms with van der Waals surface area (Å²) in [6.07, 6.45) is 5.99. The summed E-state index contributed by atoms with van der Waals surface area (Å²) in [5.41, 5.74) is 4.20. The fraction of sp³-hybridized carbons (Fsp3) is 0.273. The molecule has 0 saturated carbocycles. The van der Waals surface area contributed by atoms with Gasteiger partial charge in [-0.15, -0.1) is 0 Å². The first-order valence-corrected chi connectivity index (χ1v) is 13.2. The molecular formula is C33H33NO4. The maximum Gasteiger partial charge on any atom is 0.135 e. The van der Waals surface area contributed by atoms with Crippen LogP contribution in [0.25, 0.3) is 16.8 Å². The van der Waals surface area contributed by atoms with E-state index in [0.29, 0.717) is 0 Å². The van der Waals surface area contributed by atoms with Crippen LogP contribution in [0.3, 0.4) is 0 Å². The molecule has 0 spiro atoms. The lowest BCUT2D eigenvalue weighted by Crippen LogP contribution is -2.41. The van der Waals surface area contributed by atoms with E-state index in [-0.39, 0.29) is 0 Å². The van der Waals surface area contributed by atoms with E-state index in [1.165, 1.54) is 27.6 Å². The van der Waals surface area contributed by atoms with Gasteiger partial charge in [0.15, 0.2) is 0 Å². The Bertz CT molecular complexity index is 1390. The van der Waals surface area contributed by atoms with Crippen LogP contribution in [0.1, 0.15) is 16.7 Å². The van der Waals surface area contributed by atoms with Gasteiger partial charge in [0.1, 0.15) is 22.8 Å². The summed E-state index contributed by atoms with van der Waals surface area (Å²) >= 11 is 0. The van der Waals surface area contributed by atoms with Gasteiger partial charge >= 0.3 is 0 Å². The number of nitrogens with zero attached hydrogens (tertiary/aromatic N) is 1. The number of ether oxygens (including phenoxy) is 4. The van der Waals surface area contributed by atoms with Crippen molar-refractivity contribution >= 4 is 22.5 Å². The standard InChI is InChI=1S/C33H33NO4/c1-35-26-11-7-24(8-12-26)22-33(23-25-9-13-27(36-2)14-10-25)16-15-30-28-5-3-4-6-29(28)31(21-32(30)38-33)34-17-19-37-20-18-34/h3-16,21H,17-20,22-23H2,1-2H3. The van der Waals surface area contributed by atoms with Gasteiger partial charge in [0, 0.05) is 48.6 Å². The number of anilines is 1. The number of hydrogen-bond acceptors (Lipinski definition) is 5. The van der Waals surface area contributed by atoms with Gasteiger partial charge in [-0.2, -0.15) is 0 Å². The zero-order valence-corrected chi connectivity index (χ0v) is 22.0. The molecule has 0 N–H and O–H groups in total. The molecule has 0 bridgehead atoms. The molecule has 5 nitrogen and oxygen atoms in total. The maximum absolute atomic E-state index is 7.07. The number of methoxy groups -OCH3 is 2. The number of benzene rings is 4. The van der Waals surface area contributed by atoms with Crippen LogP contribution in [0.4, 0.5) is 5.69 Å². The van der Waals surface area contributed by atoms with Crippen LogP contribution in [0.5, 0.6) is 17.2 Å². The number of hydrogen-bond donors (Lipinski definition) is 0. The van der Waals surface area contributed by atoms with Crippen LogP contribution in [0.2, 0.25) is 0 Å². The fourth-order valence-corrected chi connectivity index (χ4v) is 5.59. The lowest BCUT2D eigenvalue weighted by molar-refractivity contribution is 0.117. The van der Waals surface area contributed by atoms with Gasteiger partial charge in [-0.3, -0.25) is 0 Å². The van der Waals surface area contributed by atoms with Crippen molar-refractivity contribution in [2.75, 3.05) is 45.4 Å². The summed E-state index contributed by atoms with van der Waals surface area (Å²) in [6, 6.07) is 27.4. The second-order valence-electron chi connectivity index (χ2n) is 10.0. The minimum absolute atomic E-state index is 0.541. The summed E-state index contributed by atoms with van der Waals surface area (Å²) in [5.74, 6) is 2.63. The summed E-state index contributed by atoms with van der Waals surface area (Å²) in [5, 5.41) is 2.46. The number of fused-ring (bicyclic) bond motifs is 3. The number of rotatable bonds is 7. The minimum Gasteiger partial charge on any atom is -0.497 e. The molecule has 4 aromatic carbocycles. The first-order valence-electron chi connectivity index (χ1n) is 13.2. The Morgan fingerprint density at radius 2 is 1.34 bits per heavy atom. The average Bonchev–Trinajstić information content (AvgIpc) is 2.98. The van der Waals surface area contributed by atoms with Crippen molar-refractivity contribution < 1.29 is 18.9 Å². The molecule has 0 aromatic heterocycles. The molecule has 6 rings (SSSR count). The van der Waals surface area contributed by atoms with Gasteiger partial charge in [-0.25, -0.2) is 0 Å². The van der Waals surface area contributed by atoms with Gasteiger partial charge in [0.05, 0.1) is 27.4 Å². The Labute approximate surface area is 224 Å².